The molecule has 1 heterocycles. The van der Waals surface area contributed by atoms with Crippen LogP contribution in [-0.2, 0) is 9.47 Å². The fraction of sp³-hybridized carbons (Fsp3) is 0.500. The lowest BCUT2D eigenvalue weighted by Crippen LogP contribution is -2.20. The average molecular weight is 222 g/mol. The minimum absolute atomic E-state index is 0.247. The van der Waals surface area contributed by atoms with Crippen LogP contribution in [0.5, 0.6) is 0 Å². The first-order valence-corrected chi connectivity index (χ1v) is 5.49. The Kier molecular flexibility index (Phi) is 6.37. The van der Waals surface area contributed by atoms with Gasteiger partial charge in [0.25, 0.3) is 0 Å². The van der Waals surface area contributed by atoms with Crippen molar-refractivity contribution < 1.29 is 9.47 Å². The summed E-state index contributed by atoms with van der Waals surface area (Å²) in [6, 6.07) is 3.83. The number of pyridine rings is 1. The zero-order valence-corrected chi connectivity index (χ0v) is 9.80. The normalized spacial score (nSPS) is 11.4. The third-order valence-corrected chi connectivity index (χ3v) is 1.88. The first-order valence-electron chi connectivity index (χ1n) is 5.49. The van der Waals surface area contributed by atoms with Crippen molar-refractivity contribution in [2.24, 2.45) is 4.99 Å². The molecule has 0 saturated heterocycles. The molecule has 88 valence electrons. The molecule has 0 aliphatic rings. The highest BCUT2D eigenvalue weighted by atomic mass is 16.7. The molecule has 0 saturated carbocycles. The van der Waals surface area contributed by atoms with E-state index in [1.807, 2.05) is 26.0 Å². The number of aliphatic imine (C=N–C) groups is 1. The maximum atomic E-state index is 5.37. The van der Waals surface area contributed by atoms with Crippen LogP contribution in [-0.4, -0.2) is 37.2 Å². The lowest BCUT2D eigenvalue weighted by Gasteiger charge is -2.13. The van der Waals surface area contributed by atoms with Crippen molar-refractivity contribution >= 4 is 6.21 Å². The summed E-state index contributed by atoms with van der Waals surface area (Å²) in [7, 11) is 0. The summed E-state index contributed by atoms with van der Waals surface area (Å²) in [6.45, 7) is 5.66. The number of hydrogen-bond acceptors (Lipinski definition) is 4. The highest BCUT2D eigenvalue weighted by Crippen LogP contribution is 1.97. The van der Waals surface area contributed by atoms with E-state index in [1.54, 1.807) is 18.6 Å². The van der Waals surface area contributed by atoms with E-state index >= 15 is 0 Å². The second-order valence-corrected chi connectivity index (χ2v) is 3.12. The summed E-state index contributed by atoms with van der Waals surface area (Å²) in [6.07, 6.45) is 5.03. The number of aromatic nitrogens is 1. The van der Waals surface area contributed by atoms with Gasteiger partial charge < -0.3 is 9.47 Å². The zero-order valence-electron chi connectivity index (χ0n) is 9.80. The molecule has 0 aliphatic heterocycles. The smallest absolute Gasteiger partial charge is 0.176 e. The molecule has 0 N–H and O–H groups in total. The molecule has 0 bridgehead atoms. The summed E-state index contributed by atoms with van der Waals surface area (Å²) < 4.78 is 10.7. The standard InChI is InChI=1S/C12H18N2O2/c1-3-15-12(16-4-2)10-14-9-11-6-5-7-13-8-11/h5-9,12H,3-4,10H2,1-2H3. The highest BCUT2D eigenvalue weighted by molar-refractivity contribution is 5.78. The molecule has 0 aliphatic carbocycles. The van der Waals surface area contributed by atoms with Crippen LogP contribution in [0.25, 0.3) is 0 Å². The van der Waals surface area contributed by atoms with Crippen LogP contribution >= 0.6 is 0 Å². The molecule has 0 radical (unpaired) electrons. The largest absolute Gasteiger partial charge is 0.351 e. The number of rotatable bonds is 7. The Bertz CT molecular complexity index is 295. The predicted molar refractivity (Wildman–Crippen MR) is 63.7 cm³/mol. The molecular formula is C12H18N2O2. The third-order valence-electron chi connectivity index (χ3n) is 1.88. The van der Waals surface area contributed by atoms with Crippen molar-refractivity contribution in [2.45, 2.75) is 20.1 Å². The van der Waals surface area contributed by atoms with Gasteiger partial charge in [0, 0.05) is 37.4 Å². The second-order valence-electron chi connectivity index (χ2n) is 3.12. The first kappa shape index (κ1) is 12.8. The fourth-order valence-corrected chi connectivity index (χ4v) is 1.22. The Balaban J connectivity index is 2.39. The van der Waals surface area contributed by atoms with Crippen LogP contribution in [0.1, 0.15) is 19.4 Å². The predicted octanol–water partition coefficient (Wildman–Crippen LogP) is 1.90. The van der Waals surface area contributed by atoms with E-state index in [0.29, 0.717) is 19.8 Å². The Morgan fingerprint density at radius 1 is 1.38 bits per heavy atom. The minimum atomic E-state index is -0.247. The van der Waals surface area contributed by atoms with E-state index < -0.39 is 0 Å². The van der Waals surface area contributed by atoms with Gasteiger partial charge in [0.15, 0.2) is 6.29 Å². The molecule has 0 spiro atoms. The van der Waals surface area contributed by atoms with Crippen LogP contribution in [0.15, 0.2) is 29.5 Å². The summed E-state index contributed by atoms with van der Waals surface area (Å²) in [4.78, 5) is 8.27. The van der Waals surface area contributed by atoms with Crippen LogP contribution < -0.4 is 0 Å². The lowest BCUT2D eigenvalue weighted by molar-refractivity contribution is -0.128. The molecule has 4 nitrogen and oxygen atoms in total. The molecule has 0 amide bonds. The van der Waals surface area contributed by atoms with E-state index in [-0.39, 0.29) is 6.29 Å². The Labute approximate surface area is 96.3 Å². The van der Waals surface area contributed by atoms with Gasteiger partial charge in [0.2, 0.25) is 0 Å². The fourth-order valence-electron chi connectivity index (χ4n) is 1.22. The Morgan fingerprint density at radius 2 is 2.12 bits per heavy atom. The summed E-state index contributed by atoms with van der Waals surface area (Å²) >= 11 is 0. The van der Waals surface area contributed by atoms with Gasteiger partial charge in [-0.25, -0.2) is 0 Å². The van der Waals surface area contributed by atoms with Gasteiger partial charge >= 0.3 is 0 Å². The number of hydrogen-bond donors (Lipinski definition) is 0. The van der Waals surface area contributed by atoms with Crippen LogP contribution in [0.2, 0.25) is 0 Å². The first-order chi connectivity index (χ1) is 7.86. The lowest BCUT2D eigenvalue weighted by atomic mass is 10.3. The van der Waals surface area contributed by atoms with Crippen LogP contribution in [0, 0.1) is 0 Å². The number of ether oxygens (including phenoxy) is 2. The molecule has 16 heavy (non-hydrogen) atoms. The molecule has 4 heteroatoms. The van der Waals surface area contributed by atoms with Gasteiger partial charge in [0.1, 0.15) is 0 Å². The van der Waals surface area contributed by atoms with Gasteiger partial charge in [-0.1, -0.05) is 6.07 Å². The van der Waals surface area contributed by atoms with Crippen molar-refractivity contribution in [2.75, 3.05) is 19.8 Å². The van der Waals surface area contributed by atoms with Gasteiger partial charge in [-0.3, -0.25) is 9.98 Å². The van der Waals surface area contributed by atoms with Crippen molar-refractivity contribution in [1.29, 1.82) is 0 Å². The summed E-state index contributed by atoms with van der Waals surface area (Å²) in [5, 5.41) is 0. The molecule has 1 aromatic rings. The molecule has 0 atom stereocenters. The topological polar surface area (TPSA) is 43.7 Å². The maximum Gasteiger partial charge on any atom is 0.176 e. The quantitative estimate of drug-likeness (QED) is 0.523. The van der Waals surface area contributed by atoms with Gasteiger partial charge in [0.05, 0.1) is 6.54 Å². The van der Waals surface area contributed by atoms with Crippen molar-refractivity contribution in [3.63, 3.8) is 0 Å². The summed E-state index contributed by atoms with van der Waals surface area (Å²) in [5.74, 6) is 0. The Hall–Kier alpha value is -1.26. The van der Waals surface area contributed by atoms with Crippen LogP contribution in [0.3, 0.4) is 0 Å². The van der Waals surface area contributed by atoms with E-state index in [9.17, 15) is 0 Å². The number of nitrogens with zero attached hydrogens (tertiary/aromatic N) is 2. The molecule has 1 aromatic heterocycles. The monoisotopic (exact) mass is 222 g/mol. The molecule has 1 rings (SSSR count). The van der Waals surface area contributed by atoms with Crippen molar-refractivity contribution in [1.82, 2.24) is 4.98 Å². The van der Waals surface area contributed by atoms with E-state index in [0.717, 1.165) is 5.56 Å². The SMILES string of the molecule is CCOC(CN=Cc1cccnc1)OCC. The van der Waals surface area contributed by atoms with Gasteiger partial charge in [-0.2, -0.15) is 0 Å². The maximum absolute atomic E-state index is 5.37. The zero-order chi connectivity index (χ0) is 11.6. The van der Waals surface area contributed by atoms with E-state index in [4.69, 9.17) is 9.47 Å². The third kappa shape index (κ3) is 5.00. The van der Waals surface area contributed by atoms with E-state index in [1.165, 1.54) is 0 Å². The molecule has 0 aromatic carbocycles. The van der Waals surface area contributed by atoms with Crippen LogP contribution in [0.4, 0.5) is 0 Å². The molecule has 0 fully saturated rings. The van der Waals surface area contributed by atoms with Gasteiger partial charge in [-0.15, -0.1) is 0 Å². The van der Waals surface area contributed by atoms with Crippen molar-refractivity contribution in [3.8, 4) is 0 Å². The summed E-state index contributed by atoms with van der Waals surface area (Å²) in [5.41, 5.74) is 0.981. The molecule has 0 unspecified atom stereocenters. The van der Waals surface area contributed by atoms with E-state index in [2.05, 4.69) is 9.98 Å². The highest BCUT2D eigenvalue weighted by Gasteiger charge is 2.04. The Morgan fingerprint density at radius 3 is 2.69 bits per heavy atom. The molecular weight excluding hydrogens is 204 g/mol. The average Bonchev–Trinajstić information content (AvgIpc) is 2.31. The second kappa shape index (κ2) is 7.96. The van der Waals surface area contributed by atoms with Crippen molar-refractivity contribution in [3.05, 3.63) is 30.1 Å². The van der Waals surface area contributed by atoms with Gasteiger partial charge in [-0.05, 0) is 19.9 Å². The minimum Gasteiger partial charge on any atom is -0.351 e.